The lowest BCUT2D eigenvalue weighted by molar-refractivity contribution is -0.384. The minimum Gasteiger partial charge on any atom is -0.363 e. The van der Waals surface area contributed by atoms with Crippen LogP contribution in [0, 0.1) is 17.0 Å². The summed E-state index contributed by atoms with van der Waals surface area (Å²) in [5.74, 6) is 0.370. The summed E-state index contributed by atoms with van der Waals surface area (Å²) in [6.45, 7) is 3.38. The molecule has 6 nitrogen and oxygen atoms in total. The van der Waals surface area contributed by atoms with Crippen LogP contribution in [0.5, 0.6) is 0 Å². The summed E-state index contributed by atoms with van der Waals surface area (Å²) in [6, 6.07) is 3.83. The van der Waals surface area contributed by atoms with Gasteiger partial charge in [-0.1, -0.05) is 12.8 Å². The fraction of sp³-hybridized carbons (Fsp3) is 0.643. The minimum atomic E-state index is -0.393. The van der Waals surface area contributed by atoms with Crippen LogP contribution in [-0.2, 0) is 0 Å². The number of hydrogen-bond donors (Lipinski definition) is 1. The maximum atomic E-state index is 11.0. The van der Waals surface area contributed by atoms with Gasteiger partial charge in [0.1, 0.15) is 0 Å². The van der Waals surface area contributed by atoms with Gasteiger partial charge in [0.25, 0.3) is 0 Å². The van der Waals surface area contributed by atoms with Gasteiger partial charge in [-0.05, 0) is 32.9 Å². The number of nitrogens with one attached hydrogen (secondary N) is 1. The topological polar surface area (TPSA) is 71.3 Å². The van der Waals surface area contributed by atoms with Gasteiger partial charge in [-0.15, -0.1) is 0 Å². The van der Waals surface area contributed by atoms with Crippen molar-refractivity contribution in [1.82, 2.24) is 9.88 Å². The summed E-state index contributed by atoms with van der Waals surface area (Å²) < 4.78 is 0. The van der Waals surface area contributed by atoms with Crippen molar-refractivity contribution < 1.29 is 4.92 Å². The van der Waals surface area contributed by atoms with Gasteiger partial charge in [0, 0.05) is 30.9 Å². The van der Waals surface area contributed by atoms with Gasteiger partial charge in [0.2, 0.25) is 5.82 Å². The molecule has 1 N–H and O–H groups in total. The smallest absolute Gasteiger partial charge is 0.311 e. The van der Waals surface area contributed by atoms with E-state index in [9.17, 15) is 10.1 Å². The van der Waals surface area contributed by atoms with Gasteiger partial charge < -0.3 is 10.2 Å². The molecule has 110 valence electrons. The molecule has 0 radical (unpaired) electrons. The van der Waals surface area contributed by atoms with Crippen molar-refractivity contribution in [2.75, 3.05) is 25.5 Å². The van der Waals surface area contributed by atoms with Crippen LogP contribution in [-0.4, -0.2) is 41.0 Å². The number of rotatable bonds is 6. The molecule has 0 amide bonds. The van der Waals surface area contributed by atoms with Gasteiger partial charge in [-0.2, -0.15) is 0 Å². The standard InChI is InChI=1S/C14H22N4O2/c1-11-7-8-13(18(19)20)14(16-11)15-9-10-17(2)12-5-3-4-6-12/h7-8,12H,3-6,9-10H2,1-2H3,(H,15,16). The first-order valence-electron chi connectivity index (χ1n) is 7.14. The van der Waals surface area contributed by atoms with Crippen LogP contribution in [0.15, 0.2) is 12.1 Å². The van der Waals surface area contributed by atoms with Gasteiger partial charge in [0.05, 0.1) is 4.92 Å². The van der Waals surface area contributed by atoms with Crippen LogP contribution < -0.4 is 5.32 Å². The first-order chi connectivity index (χ1) is 9.58. The second-order valence-electron chi connectivity index (χ2n) is 5.42. The van der Waals surface area contributed by atoms with Crippen molar-refractivity contribution in [2.24, 2.45) is 0 Å². The van der Waals surface area contributed by atoms with E-state index in [2.05, 4.69) is 22.2 Å². The molecule has 1 heterocycles. The number of nitrogens with zero attached hydrogens (tertiary/aromatic N) is 3. The van der Waals surface area contributed by atoms with Crippen LogP contribution >= 0.6 is 0 Å². The van der Waals surface area contributed by atoms with Crippen molar-refractivity contribution in [3.8, 4) is 0 Å². The fourth-order valence-electron chi connectivity index (χ4n) is 2.71. The highest BCUT2D eigenvalue weighted by Crippen LogP contribution is 2.23. The van der Waals surface area contributed by atoms with Crippen molar-refractivity contribution in [2.45, 2.75) is 38.6 Å². The van der Waals surface area contributed by atoms with E-state index in [0.717, 1.165) is 12.2 Å². The fourth-order valence-corrected chi connectivity index (χ4v) is 2.71. The van der Waals surface area contributed by atoms with E-state index in [1.54, 1.807) is 6.07 Å². The van der Waals surface area contributed by atoms with Crippen LogP contribution in [0.2, 0.25) is 0 Å². The Balaban J connectivity index is 1.90. The summed E-state index contributed by atoms with van der Waals surface area (Å²) in [4.78, 5) is 17.1. The zero-order chi connectivity index (χ0) is 14.5. The third-order valence-electron chi connectivity index (χ3n) is 3.91. The molecule has 1 saturated carbocycles. The van der Waals surface area contributed by atoms with E-state index in [4.69, 9.17) is 0 Å². The highest BCUT2D eigenvalue weighted by atomic mass is 16.6. The molecule has 0 aliphatic heterocycles. The summed E-state index contributed by atoms with van der Waals surface area (Å²) in [7, 11) is 2.12. The highest BCUT2D eigenvalue weighted by molar-refractivity contribution is 5.56. The number of aromatic nitrogens is 1. The molecule has 1 aliphatic carbocycles. The lowest BCUT2D eigenvalue weighted by Gasteiger charge is -2.24. The Morgan fingerprint density at radius 1 is 1.45 bits per heavy atom. The predicted octanol–water partition coefficient (Wildman–Crippen LogP) is 2.58. The quantitative estimate of drug-likeness (QED) is 0.639. The van der Waals surface area contributed by atoms with Crippen molar-refractivity contribution in [3.05, 3.63) is 27.9 Å². The minimum absolute atomic E-state index is 0.0409. The Morgan fingerprint density at radius 2 is 2.15 bits per heavy atom. The third kappa shape index (κ3) is 3.66. The van der Waals surface area contributed by atoms with E-state index in [1.807, 2.05) is 6.92 Å². The number of anilines is 1. The molecule has 6 heteroatoms. The molecule has 1 aliphatic rings. The Morgan fingerprint density at radius 3 is 2.80 bits per heavy atom. The van der Waals surface area contributed by atoms with E-state index >= 15 is 0 Å². The SMILES string of the molecule is Cc1ccc([N+](=O)[O-])c(NCCN(C)C2CCCC2)n1. The van der Waals surface area contributed by atoms with Gasteiger partial charge in [0.15, 0.2) is 0 Å². The summed E-state index contributed by atoms with van der Waals surface area (Å²) in [6.07, 6.45) is 5.15. The molecular formula is C14H22N4O2. The molecule has 20 heavy (non-hydrogen) atoms. The van der Waals surface area contributed by atoms with Crippen LogP contribution in [0.1, 0.15) is 31.4 Å². The zero-order valence-corrected chi connectivity index (χ0v) is 12.1. The number of pyridine rings is 1. The first kappa shape index (κ1) is 14.7. The van der Waals surface area contributed by atoms with Gasteiger partial charge in [-0.25, -0.2) is 4.98 Å². The normalized spacial score (nSPS) is 15.8. The molecule has 2 rings (SSSR count). The highest BCUT2D eigenvalue weighted by Gasteiger charge is 2.19. The average molecular weight is 278 g/mol. The van der Waals surface area contributed by atoms with E-state index in [1.165, 1.54) is 31.7 Å². The van der Waals surface area contributed by atoms with E-state index in [0.29, 0.717) is 18.4 Å². The lowest BCUT2D eigenvalue weighted by Crippen LogP contribution is -2.33. The second-order valence-corrected chi connectivity index (χ2v) is 5.42. The Labute approximate surface area is 119 Å². The summed E-state index contributed by atoms with van der Waals surface area (Å²) in [5.41, 5.74) is 0.821. The number of aryl methyl sites for hydroxylation is 1. The second kappa shape index (κ2) is 6.65. The third-order valence-corrected chi connectivity index (χ3v) is 3.91. The Kier molecular flexibility index (Phi) is 4.89. The van der Waals surface area contributed by atoms with E-state index in [-0.39, 0.29) is 5.69 Å². The first-order valence-corrected chi connectivity index (χ1v) is 7.14. The molecule has 1 aromatic rings. The van der Waals surface area contributed by atoms with Crippen LogP contribution in [0.3, 0.4) is 0 Å². The largest absolute Gasteiger partial charge is 0.363 e. The molecule has 1 aromatic heterocycles. The molecule has 0 bridgehead atoms. The molecule has 1 fully saturated rings. The van der Waals surface area contributed by atoms with Gasteiger partial charge >= 0.3 is 5.69 Å². The molecule has 0 atom stereocenters. The lowest BCUT2D eigenvalue weighted by atomic mass is 10.2. The number of likely N-dealkylation sites (N-methyl/N-ethyl adjacent to an activating group) is 1. The molecule has 0 spiro atoms. The molecule has 0 saturated heterocycles. The number of nitro groups is 1. The van der Waals surface area contributed by atoms with Crippen molar-refractivity contribution >= 4 is 11.5 Å². The number of hydrogen-bond acceptors (Lipinski definition) is 5. The van der Waals surface area contributed by atoms with Crippen LogP contribution in [0.4, 0.5) is 11.5 Å². The summed E-state index contributed by atoms with van der Waals surface area (Å²) in [5, 5.41) is 14.0. The average Bonchev–Trinajstić information content (AvgIpc) is 2.92. The summed E-state index contributed by atoms with van der Waals surface area (Å²) >= 11 is 0. The zero-order valence-electron chi connectivity index (χ0n) is 12.1. The van der Waals surface area contributed by atoms with Crippen LogP contribution in [0.25, 0.3) is 0 Å². The molecule has 0 unspecified atom stereocenters. The Bertz CT molecular complexity index is 472. The van der Waals surface area contributed by atoms with Crippen molar-refractivity contribution in [1.29, 1.82) is 0 Å². The van der Waals surface area contributed by atoms with Gasteiger partial charge in [-0.3, -0.25) is 10.1 Å². The molecule has 0 aromatic carbocycles. The predicted molar refractivity (Wildman–Crippen MR) is 79.0 cm³/mol. The maximum absolute atomic E-state index is 11.0. The van der Waals surface area contributed by atoms with Crippen molar-refractivity contribution in [3.63, 3.8) is 0 Å². The Hall–Kier alpha value is -1.69. The molecular weight excluding hydrogens is 256 g/mol. The maximum Gasteiger partial charge on any atom is 0.311 e. The monoisotopic (exact) mass is 278 g/mol. The van der Waals surface area contributed by atoms with E-state index < -0.39 is 4.92 Å².